The zero-order chi connectivity index (χ0) is 23.2. The molecular weight excluding hydrogens is 440 g/mol. The van der Waals surface area contributed by atoms with E-state index >= 15 is 0 Å². The molecule has 0 amide bonds. The van der Waals surface area contributed by atoms with Gasteiger partial charge < -0.3 is 10.2 Å². The number of hydrogen-bond acceptors (Lipinski definition) is 4. The molecule has 0 bridgehead atoms. The van der Waals surface area contributed by atoms with E-state index in [1.165, 1.54) is 22.2 Å². The molecule has 0 aliphatic carbocycles. The third-order valence-corrected chi connectivity index (χ3v) is 6.90. The van der Waals surface area contributed by atoms with Crippen molar-refractivity contribution in [3.05, 3.63) is 107 Å². The molecule has 1 aliphatic heterocycles. The molecule has 0 spiro atoms. The van der Waals surface area contributed by atoms with Gasteiger partial charge in [-0.2, -0.15) is 0 Å². The molecule has 1 aromatic heterocycles. The summed E-state index contributed by atoms with van der Waals surface area (Å²) in [5.74, 6) is 0. The van der Waals surface area contributed by atoms with Crippen LogP contribution in [-0.4, -0.2) is 49.2 Å². The molecule has 3 aromatic carbocycles. The minimum absolute atomic E-state index is 0.229. The Morgan fingerprint density at radius 3 is 2.18 bits per heavy atom. The van der Waals surface area contributed by atoms with Crippen LogP contribution >= 0.6 is 11.6 Å². The third-order valence-electron chi connectivity index (χ3n) is 6.66. The molecule has 34 heavy (non-hydrogen) atoms. The molecule has 0 atom stereocenters. The Balaban J connectivity index is 1.13. The van der Waals surface area contributed by atoms with E-state index in [1.54, 1.807) is 0 Å². The molecule has 2 heterocycles. The fraction of sp³-hybridized carbons (Fsp3) is 0.276. The Kier molecular flexibility index (Phi) is 7.40. The maximum absolute atomic E-state index is 6.16. The van der Waals surface area contributed by atoms with Crippen molar-refractivity contribution < 1.29 is 0 Å². The van der Waals surface area contributed by atoms with Gasteiger partial charge in [0.05, 0.1) is 11.6 Å². The standard InChI is InChI=1S/C29H31ClN4/c30-25-12-13-26-27(22-25)31-16-14-28(26)34-20-18-33(19-21-34)17-7-15-32-29(23-8-3-1-4-9-23)24-10-5-2-6-11-24/h1-6,8-14,16,22,29,32H,7,15,17-21H2. The number of nitrogens with one attached hydrogen (secondary N) is 1. The Bertz CT molecular complexity index is 1150. The number of anilines is 1. The molecule has 4 aromatic rings. The first kappa shape index (κ1) is 22.9. The van der Waals surface area contributed by atoms with Crippen LogP contribution in [0.3, 0.4) is 0 Å². The summed E-state index contributed by atoms with van der Waals surface area (Å²) in [7, 11) is 0. The zero-order valence-electron chi connectivity index (χ0n) is 19.4. The normalized spacial score (nSPS) is 14.7. The highest BCUT2D eigenvalue weighted by atomic mass is 35.5. The number of hydrogen-bond donors (Lipinski definition) is 1. The van der Waals surface area contributed by atoms with Crippen LogP contribution in [0.5, 0.6) is 0 Å². The van der Waals surface area contributed by atoms with Gasteiger partial charge in [0.1, 0.15) is 0 Å². The first-order chi connectivity index (χ1) is 16.8. The third kappa shape index (κ3) is 5.41. The largest absolute Gasteiger partial charge is 0.368 e. The summed E-state index contributed by atoms with van der Waals surface area (Å²) in [4.78, 5) is 9.55. The quantitative estimate of drug-likeness (QED) is 0.331. The molecule has 5 rings (SSSR count). The van der Waals surface area contributed by atoms with Gasteiger partial charge in [-0.1, -0.05) is 72.3 Å². The van der Waals surface area contributed by atoms with Gasteiger partial charge in [-0.05, 0) is 54.9 Å². The van der Waals surface area contributed by atoms with Crippen molar-refractivity contribution in [2.45, 2.75) is 12.5 Å². The molecule has 1 saturated heterocycles. The van der Waals surface area contributed by atoms with E-state index in [-0.39, 0.29) is 6.04 Å². The van der Waals surface area contributed by atoms with E-state index in [9.17, 15) is 0 Å². The molecule has 1 N–H and O–H groups in total. The second kappa shape index (κ2) is 11.0. The molecule has 0 saturated carbocycles. The van der Waals surface area contributed by atoms with Crippen LogP contribution in [0.2, 0.25) is 5.02 Å². The molecule has 0 unspecified atom stereocenters. The lowest BCUT2D eigenvalue weighted by molar-refractivity contribution is 0.253. The van der Waals surface area contributed by atoms with Crippen molar-refractivity contribution in [1.29, 1.82) is 0 Å². The zero-order valence-corrected chi connectivity index (χ0v) is 20.2. The SMILES string of the molecule is Clc1ccc2c(N3CCN(CCCNC(c4ccccc4)c4ccccc4)CC3)ccnc2c1. The van der Waals surface area contributed by atoms with Crippen LogP contribution in [0.15, 0.2) is 91.1 Å². The predicted molar refractivity (Wildman–Crippen MR) is 143 cm³/mol. The van der Waals surface area contributed by atoms with E-state index in [0.29, 0.717) is 0 Å². The fourth-order valence-corrected chi connectivity index (χ4v) is 5.03. The van der Waals surface area contributed by atoms with Crippen molar-refractivity contribution >= 4 is 28.2 Å². The topological polar surface area (TPSA) is 31.4 Å². The van der Waals surface area contributed by atoms with Crippen LogP contribution in [0.25, 0.3) is 10.9 Å². The first-order valence-corrected chi connectivity index (χ1v) is 12.5. The lowest BCUT2D eigenvalue weighted by Gasteiger charge is -2.36. The lowest BCUT2D eigenvalue weighted by atomic mass is 9.98. The average molecular weight is 471 g/mol. The smallest absolute Gasteiger partial charge is 0.0737 e. The van der Waals surface area contributed by atoms with E-state index in [1.807, 2.05) is 18.3 Å². The summed E-state index contributed by atoms with van der Waals surface area (Å²) in [6.07, 6.45) is 3.02. The van der Waals surface area contributed by atoms with Gasteiger partial charge in [0, 0.05) is 48.5 Å². The number of aromatic nitrogens is 1. The Hall–Kier alpha value is -2.92. The van der Waals surface area contributed by atoms with Gasteiger partial charge in [-0.3, -0.25) is 9.88 Å². The Labute approximate surface area is 207 Å². The lowest BCUT2D eigenvalue weighted by Crippen LogP contribution is -2.47. The number of benzene rings is 3. The van der Waals surface area contributed by atoms with E-state index in [2.05, 4.69) is 92.9 Å². The molecular formula is C29H31ClN4. The van der Waals surface area contributed by atoms with E-state index < -0.39 is 0 Å². The van der Waals surface area contributed by atoms with E-state index in [4.69, 9.17) is 11.6 Å². The summed E-state index contributed by atoms with van der Waals surface area (Å²) >= 11 is 6.16. The number of pyridine rings is 1. The van der Waals surface area contributed by atoms with Gasteiger partial charge in [-0.25, -0.2) is 0 Å². The minimum atomic E-state index is 0.229. The summed E-state index contributed by atoms with van der Waals surface area (Å²) in [6.45, 7) is 6.34. The van der Waals surface area contributed by atoms with Crippen molar-refractivity contribution in [2.75, 3.05) is 44.2 Å². The molecule has 1 aliphatic rings. The van der Waals surface area contributed by atoms with Crippen LogP contribution in [0, 0.1) is 0 Å². The number of fused-ring (bicyclic) bond motifs is 1. The van der Waals surface area contributed by atoms with Gasteiger partial charge >= 0.3 is 0 Å². The second-order valence-corrected chi connectivity index (χ2v) is 9.32. The highest BCUT2D eigenvalue weighted by molar-refractivity contribution is 6.31. The van der Waals surface area contributed by atoms with Crippen LogP contribution in [0.4, 0.5) is 5.69 Å². The fourth-order valence-electron chi connectivity index (χ4n) is 4.86. The summed E-state index contributed by atoms with van der Waals surface area (Å²) in [5.41, 5.74) is 4.85. The van der Waals surface area contributed by atoms with Crippen molar-refractivity contribution in [2.24, 2.45) is 0 Å². The summed E-state index contributed by atoms with van der Waals surface area (Å²) in [5, 5.41) is 5.71. The average Bonchev–Trinajstić information content (AvgIpc) is 2.89. The minimum Gasteiger partial charge on any atom is -0.368 e. The molecule has 5 heteroatoms. The number of nitrogens with zero attached hydrogens (tertiary/aromatic N) is 3. The summed E-state index contributed by atoms with van der Waals surface area (Å²) < 4.78 is 0. The highest BCUT2D eigenvalue weighted by Gasteiger charge is 2.19. The number of rotatable bonds is 8. The molecule has 174 valence electrons. The molecule has 4 nitrogen and oxygen atoms in total. The van der Waals surface area contributed by atoms with Crippen LogP contribution in [0.1, 0.15) is 23.6 Å². The summed E-state index contributed by atoms with van der Waals surface area (Å²) in [6, 6.07) is 29.8. The second-order valence-electron chi connectivity index (χ2n) is 8.88. The predicted octanol–water partition coefficient (Wildman–Crippen LogP) is 5.78. The van der Waals surface area contributed by atoms with Crippen molar-refractivity contribution in [3.63, 3.8) is 0 Å². The van der Waals surface area contributed by atoms with Gasteiger partial charge in [0.15, 0.2) is 0 Å². The Morgan fingerprint density at radius 1 is 0.824 bits per heavy atom. The Morgan fingerprint density at radius 2 is 1.50 bits per heavy atom. The van der Waals surface area contributed by atoms with Crippen LogP contribution in [-0.2, 0) is 0 Å². The molecule has 0 radical (unpaired) electrons. The van der Waals surface area contributed by atoms with Crippen molar-refractivity contribution in [1.82, 2.24) is 15.2 Å². The monoisotopic (exact) mass is 470 g/mol. The highest BCUT2D eigenvalue weighted by Crippen LogP contribution is 2.28. The van der Waals surface area contributed by atoms with Crippen molar-refractivity contribution in [3.8, 4) is 0 Å². The maximum Gasteiger partial charge on any atom is 0.0737 e. The van der Waals surface area contributed by atoms with E-state index in [0.717, 1.165) is 56.2 Å². The number of piperazine rings is 1. The maximum atomic E-state index is 6.16. The van der Waals surface area contributed by atoms with Gasteiger partial charge in [0.2, 0.25) is 0 Å². The molecule has 1 fully saturated rings. The van der Waals surface area contributed by atoms with Gasteiger partial charge in [-0.15, -0.1) is 0 Å². The van der Waals surface area contributed by atoms with Gasteiger partial charge in [0.25, 0.3) is 0 Å². The van der Waals surface area contributed by atoms with Crippen LogP contribution < -0.4 is 10.2 Å². The first-order valence-electron chi connectivity index (χ1n) is 12.1. The number of halogens is 1.